The molecule has 0 bridgehead atoms. The van der Waals surface area contributed by atoms with Gasteiger partial charge < -0.3 is 9.73 Å². The lowest BCUT2D eigenvalue weighted by molar-refractivity contribution is -0.121. The zero-order valence-electron chi connectivity index (χ0n) is 15.2. The van der Waals surface area contributed by atoms with Gasteiger partial charge in [-0.05, 0) is 36.6 Å². The van der Waals surface area contributed by atoms with Crippen molar-refractivity contribution in [3.63, 3.8) is 0 Å². The standard InChI is InChI=1S/C21H22ClN3O2/c1-15(17-8-10-18(22)11-9-17)23-19(26)12-14-21-25-24-20(27-21)13-7-16-5-3-2-4-6-16/h2-6,8-11,15H,7,12-14H2,1H3,(H,23,26). The molecule has 1 atom stereocenters. The monoisotopic (exact) mass is 383 g/mol. The van der Waals surface area contributed by atoms with Crippen LogP contribution in [0.2, 0.25) is 5.02 Å². The van der Waals surface area contributed by atoms with E-state index < -0.39 is 0 Å². The third kappa shape index (κ3) is 5.93. The molecule has 0 aliphatic heterocycles. The van der Waals surface area contributed by atoms with Gasteiger partial charge in [0.05, 0.1) is 6.04 Å². The molecule has 1 aromatic heterocycles. The molecule has 0 fully saturated rings. The average molecular weight is 384 g/mol. The molecule has 27 heavy (non-hydrogen) atoms. The van der Waals surface area contributed by atoms with Crippen LogP contribution in [0.1, 0.15) is 42.3 Å². The number of aromatic nitrogens is 2. The fourth-order valence-electron chi connectivity index (χ4n) is 2.76. The van der Waals surface area contributed by atoms with Gasteiger partial charge in [-0.2, -0.15) is 0 Å². The van der Waals surface area contributed by atoms with Gasteiger partial charge >= 0.3 is 0 Å². The van der Waals surface area contributed by atoms with Gasteiger partial charge in [0.15, 0.2) is 0 Å². The van der Waals surface area contributed by atoms with Crippen molar-refractivity contribution in [1.29, 1.82) is 0 Å². The van der Waals surface area contributed by atoms with Crippen molar-refractivity contribution < 1.29 is 9.21 Å². The SMILES string of the molecule is CC(NC(=O)CCc1nnc(CCc2ccccc2)o1)c1ccc(Cl)cc1. The summed E-state index contributed by atoms with van der Waals surface area (Å²) in [6.45, 7) is 1.94. The van der Waals surface area contributed by atoms with Crippen molar-refractivity contribution in [2.75, 3.05) is 0 Å². The molecule has 0 aliphatic rings. The molecule has 0 saturated carbocycles. The van der Waals surface area contributed by atoms with E-state index in [4.69, 9.17) is 16.0 Å². The highest BCUT2D eigenvalue weighted by Crippen LogP contribution is 2.16. The number of nitrogens with one attached hydrogen (secondary N) is 1. The van der Waals surface area contributed by atoms with Crippen LogP contribution in [-0.4, -0.2) is 16.1 Å². The number of carbonyl (C=O) groups is 1. The van der Waals surface area contributed by atoms with Crippen LogP contribution in [0.4, 0.5) is 0 Å². The number of benzene rings is 2. The number of nitrogens with zero attached hydrogens (tertiary/aromatic N) is 2. The Morgan fingerprint density at radius 2 is 1.67 bits per heavy atom. The summed E-state index contributed by atoms with van der Waals surface area (Å²) in [6, 6.07) is 17.5. The van der Waals surface area contributed by atoms with E-state index in [9.17, 15) is 4.79 Å². The average Bonchev–Trinajstić information content (AvgIpc) is 3.14. The van der Waals surface area contributed by atoms with Gasteiger partial charge in [0, 0.05) is 24.3 Å². The molecule has 140 valence electrons. The van der Waals surface area contributed by atoms with E-state index in [1.54, 1.807) is 0 Å². The molecule has 1 unspecified atom stereocenters. The van der Waals surface area contributed by atoms with Crippen LogP contribution in [0.15, 0.2) is 59.0 Å². The molecule has 1 amide bonds. The van der Waals surface area contributed by atoms with Gasteiger partial charge in [-0.3, -0.25) is 4.79 Å². The second kappa shape index (κ2) is 9.33. The number of amides is 1. The minimum absolute atomic E-state index is 0.0542. The molecule has 5 nitrogen and oxygen atoms in total. The molecule has 3 rings (SSSR count). The minimum atomic E-state index is -0.0844. The Kier molecular flexibility index (Phi) is 6.60. The van der Waals surface area contributed by atoms with Crippen LogP contribution in [0.5, 0.6) is 0 Å². The molecular weight excluding hydrogens is 362 g/mol. The molecule has 1 N–H and O–H groups in total. The zero-order valence-corrected chi connectivity index (χ0v) is 15.9. The summed E-state index contributed by atoms with van der Waals surface area (Å²) in [6.07, 6.45) is 2.27. The van der Waals surface area contributed by atoms with Crippen LogP contribution in [0, 0.1) is 0 Å². The van der Waals surface area contributed by atoms with E-state index in [2.05, 4.69) is 27.6 Å². The third-order valence-corrected chi connectivity index (χ3v) is 4.54. The lowest BCUT2D eigenvalue weighted by Gasteiger charge is -2.14. The second-order valence-corrected chi connectivity index (χ2v) is 6.85. The summed E-state index contributed by atoms with van der Waals surface area (Å²) in [5.41, 5.74) is 2.24. The van der Waals surface area contributed by atoms with E-state index in [-0.39, 0.29) is 11.9 Å². The highest BCUT2D eigenvalue weighted by molar-refractivity contribution is 6.30. The van der Waals surface area contributed by atoms with Crippen molar-refractivity contribution >= 4 is 17.5 Å². The van der Waals surface area contributed by atoms with Gasteiger partial charge in [0.1, 0.15) is 0 Å². The van der Waals surface area contributed by atoms with Crippen LogP contribution in [0.25, 0.3) is 0 Å². The van der Waals surface area contributed by atoms with E-state index in [1.807, 2.05) is 49.4 Å². The highest BCUT2D eigenvalue weighted by atomic mass is 35.5. The Hall–Kier alpha value is -2.66. The highest BCUT2D eigenvalue weighted by Gasteiger charge is 2.12. The Morgan fingerprint density at radius 1 is 1.00 bits per heavy atom. The van der Waals surface area contributed by atoms with Crippen molar-refractivity contribution in [1.82, 2.24) is 15.5 Å². The van der Waals surface area contributed by atoms with Crippen LogP contribution < -0.4 is 5.32 Å². The zero-order chi connectivity index (χ0) is 19.1. The van der Waals surface area contributed by atoms with Gasteiger partial charge in [0.2, 0.25) is 17.7 Å². The van der Waals surface area contributed by atoms with E-state index in [0.717, 1.165) is 12.0 Å². The maximum Gasteiger partial charge on any atom is 0.220 e. The topological polar surface area (TPSA) is 68.0 Å². The third-order valence-electron chi connectivity index (χ3n) is 4.29. The smallest absolute Gasteiger partial charge is 0.220 e. The predicted molar refractivity (Wildman–Crippen MR) is 104 cm³/mol. The summed E-state index contributed by atoms with van der Waals surface area (Å²) in [4.78, 5) is 12.2. The van der Waals surface area contributed by atoms with Gasteiger partial charge in [0.25, 0.3) is 0 Å². The van der Waals surface area contributed by atoms with Crippen LogP contribution >= 0.6 is 11.6 Å². The predicted octanol–water partition coefficient (Wildman–Crippen LogP) is 4.32. The van der Waals surface area contributed by atoms with Gasteiger partial charge in [-0.1, -0.05) is 54.1 Å². The normalized spacial score (nSPS) is 11.9. The number of hydrogen-bond donors (Lipinski definition) is 1. The molecular formula is C21H22ClN3O2. The van der Waals surface area contributed by atoms with Gasteiger partial charge in [-0.25, -0.2) is 0 Å². The molecule has 0 saturated heterocycles. The Labute approximate surface area is 163 Å². The van der Waals surface area contributed by atoms with Crippen molar-refractivity contribution in [3.05, 3.63) is 82.5 Å². The molecule has 2 aromatic carbocycles. The summed E-state index contributed by atoms with van der Waals surface area (Å²) >= 11 is 5.89. The Bertz CT molecular complexity index is 863. The van der Waals surface area contributed by atoms with Crippen LogP contribution in [-0.2, 0) is 24.1 Å². The molecule has 3 aromatic rings. The first-order valence-corrected chi connectivity index (χ1v) is 9.38. The number of hydrogen-bond acceptors (Lipinski definition) is 4. The van der Waals surface area contributed by atoms with E-state index >= 15 is 0 Å². The number of carbonyl (C=O) groups excluding carboxylic acids is 1. The van der Waals surface area contributed by atoms with Crippen molar-refractivity contribution in [2.24, 2.45) is 0 Å². The molecule has 0 spiro atoms. The van der Waals surface area contributed by atoms with Crippen molar-refractivity contribution in [3.8, 4) is 0 Å². The second-order valence-electron chi connectivity index (χ2n) is 6.42. The van der Waals surface area contributed by atoms with Gasteiger partial charge in [-0.15, -0.1) is 10.2 Å². The quantitative estimate of drug-likeness (QED) is 0.629. The fraction of sp³-hybridized carbons (Fsp3) is 0.286. The molecule has 0 aliphatic carbocycles. The minimum Gasteiger partial charge on any atom is -0.425 e. The van der Waals surface area contributed by atoms with Crippen LogP contribution in [0.3, 0.4) is 0 Å². The lowest BCUT2D eigenvalue weighted by Crippen LogP contribution is -2.26. The Morgan fingerprint density at radius 3 is 2.37 bits per heavy atom. The van der Waals surface area contributed by atoms with Crippen molar-refractivity contribution in [2.45, 2.75) is 38.6 Å². The first kappa shape index (κ1) is 19.1. The van der Waals surface area contributed by atoms with E-state index in [0.29, 0.717) is 36.1 Å². The maximum atomic E-state index is 12.2. The first-order chi connectivity index (χ1) is 13.1. The largest absolute Gasteiger partial charge is 0.425 e. The Balaban J connectivity index is 1.43. The summed E-state index contributed by atoms with van der Waals surface area (Å²) in [5, 5.41) is 11.7. The lowest BCUT2D eigenvalue weighted by atomic mass is 10.1. The fourth-order valence-corrected chi connectivity index (χ4v) is 2.88. The number of aryl methyl sites for hydroxylation is 3. The molecule has 6 heteroatoms. The number of halogens is 1. The molecule has 0 radical (unpaired) electrons. The molecule has 1 heterocycles. The first-order valence-electron chi connectivity index (χ1n) is 9.00. The summed E-state index contributed by atoms with van der Waals surface area (Å²) in [7, 11) is 0. The van der Waals surface area contributed by atoms with E-state index in [1.165, 1.54) is 5.56 Å². The summed E-state index contributed by atoms with van der Waals surface area (Å²) < 4.78 is 5.64. The maximum absolute atomic E-state index is 12.2. The number of rotatable bonds is 8. The summed E-state index contributed by atoms with van der Waals surface area (Å²) in [5.74, 6) is 1.04.